The molecule has 0 aliphatic carbocycles. The van der Waals surface area contributed by atoms with Gasteiger partial charge in [-0.2, -0.15) is 0 Å². The highest BCUT2D eigenvalue weighted by Gasteiger charge is 2.22. The maximum absolute atomic E-state index is 5.68. The zero-order chi connectivity index (χ0) is 12.3. The second-order valence-electron chi connectivity index (χ2n) is 4.92. The fourth-order valence-electron chi connectivity index (χ4n) is 1.02. The van der Waals surface area contributed by atoms with Crippen molar-refractivity contribution >= 4 is 27.6 Å². The molecule has 0 atom stereocenters. The van der Waals surface area contributed by atoms with E-state index in [4.69, 9.17) is 5.73 Å². The molecule has 0 aliphatic rings. The van der Waals surface area contributed by atoms with Crippen LogP contribution in [0.1, 0.15) is 27.7 Å². The van der Waals surface area contributed by atoms with Crippen LogP contribution in [-0.2, 0) is 0 Å². The van der Waals surface area contributed by atoms with Gasteiger partial charge in [-0.25, -0.2) is 9.97 Å². The molecule has 90 valence electrons. The smallest absolute Gasteiger partial charge is 0.145 e. The van der Waals surface area contributed by atoms with Gasteiger partial charge >= 0.3 is 0 Å². The van der Waals surface area contributed by atoms with Gasteiger partial charge < -0.3 is 11.1 Å². The summed E-state index contributed by atoms with van der Waals surface area (Å²) in [5.41, 5.74) is 5.89. The Balaban J connectivity index is 2.72. The lowest BCUT2D eigenvalue weighted by molar-refractivity contribution is 0.269. The summed E-state index contributed by atoms with van der Waals surface area (Å²) in [6.07, 6.45) is 1.46. The van der Waals surface area contributed by atoms with Crippen LogP contribution in [0.5, 0.6) is 0 Å². The van der Waals surface area contributed by atoms with Crippen LogP contribution in [0.25, 0.3) is 0 Å². The van der Waals surface area contributed by atoms with E-state index in [1.165, 1.54) is 6.33 Å². The minimum Gasteiger partial charge on any atom is -0.383 e. The largest absolute Gasteiger partial charge is 0.383 e. The molecule has 0 radical (unpaired) electrons. The number of nitrogens with one attached hydrogen (secondary N) is 1. The molecule has 0 amide bonds. The van der Waals surface area contributed by atoms with E-state index >= 15 is 0 Å². The Morgan fingerprint density at radius 1 is 1.44 bits per heavy atom. The monoisotopic (exact) mass is 286 g/mol. The molecule has 0 bridgehead atoms. The highest BCUT2D eigenvalue weighted by Crippen LogP contribution is 2.29. The maximum atomic E-state index is 5.68. The summed E-state index contributed by atoms with van der Waals surface area (Å²) >= 11 is 3.37. The molecule has 0 aliphatic heterocycles. The van der Waals surface area contributed by atoms with Gasteiger partial charge in [0.05, 0.1) is 0 Å². The molecular weight excluding hydrogens is 268 g/mol. The average Bonchev–Trinajstić information content (AvgIpc) is 2.20. The number of hydrogen-bond acceptors (Lipinski definition) is 4. The number of hydrogen-bond donors (Lipinski definition) is 2. The van der Waals surface area contributed by atoms with Crippen molar-refractivity contribution < 1.29 is 0 Å². The fourth-order valence-corrected chi connectivity index (χ4v) is 1.37. The molecule has 16 heavy (non-hydrogen) atoms. The molecule has 3 N–H and O–H groups in total. The molecular formula is C11H19BrN4. The first-order valence-corrected chi connectivity index (χ1v) is 6.13. The van der Waals surface area contributed by atoms with E-state index < -0.39 is 0 Å². The van der Waals surface area contributed by atoms with E-state index in [1.54, 1.807) is 0 Å². The second-order valence-corrected chi connectivity index (χ2v) is 5.71. The molecule has 0 unspecified atom stereocenters. The van der Waals surface area contributed by atoms with Crippen LogP contribution in [-0.4, -0.2) is 16.5 Å². The molecule has 0 aromatic carbocycles. The van der Waals surface area contributed by atoms with E-state index in [9.17, 15) is 0 Å². The molecule has 4 nitrogen and oxygen atoms in total. The van der Waals surface area contributed by atoms with Crippen molar-refractivity contribution in [2.24, 2.45) is 11.3 Å². The molecule has 0 fully saturated rings. The van der Waals surface area contributed by atoms with Crippen LogP contribution in [0.3, 0.4) is 0 Å². The van der Waals surface area contributed by atoms with E-state index in [0.29, 0.717) is 11.7 Å². The number of aromatic nitrogens is 2. The summed E-state index contributed by atoms with van der Waals surface area (Å²) in [5.74, 6) is 1.80. The lowest BCUT2D eigenvalue weighted by Crippen LogP contribution is -2.29. The van der Waals surface area contributed by atoms with Crippen LogP contribution in [0.2, 0.25) is 0 Å². The van der Waals surface area contributed by atoms with Gasteiger partial charge in [-0.3, -0.25) is 0 Å². The Hall–Kier alpha value is -0.840. The molecule has 0 saturated carbocycles. The van der Waals surface area contributed by atoms with Gasteiger partial charge in [-0.1, -0.05) is 27.7 Å². The highest BCUT2D eigenvalue weighted by molar-refractivity contribution is 9.10. The summed E-state index contributed by atoms with van der Waals surface area (Å²) in [4.78, 5) is 8.05. The third kappa shape index (κ3) is 3.07. The van der Waals surface area contributed by atoms with Crippen molar-refractivity contribution in [3.05, 3.63) is 10.8 Å². The molecule has 0 saturated heterocycles. The summed E-state index contributed by atoms with van der Waals surface area (Å²) in [5, 5.41) is 3.30. The van der Waals surface area contributed by atoms with E-state index in [1.807, 2.05) is 0 Å². The third-order valence-electron chi connectivity index (χ3n) is 3.09. The first-order chi connectivity index (χ1) is 7.34. The zero-order valence-electron chi connectivity index (χ0n) is 10.2. The summed E-state index contributed by atoms with van der Waals surface area (Å²) in [6.45, 7) is 9.72. The van der Waals surface area contributed by atoms with Gasteiger partial charge in [0.15, 0.2) is 0 Å². The first-order valence-electron chi connectivity index (χ1n) is 5.34. The van der Waals surface area contributed by atoms with Crippen molar-refractivity contribution in [2.75, 3.05) is 17.6 Å². The van der Waals surface area contributed by atoms with Crippen LogP contribution in [0.4, 0.5) is 11.6 Å². The van der Waals surface area contributed by atoms with E-state index in [2.05, 4.69) is 58.9 Å². The molecule has 1 aromatic heterocycles. The number of halogens is 1. The van der Waals surface area contributed by atoms with Gasteiger partial charge in [0.2, 0.25) is 0 Å². The molecule has 1 heterocycles. The highest BCUT2D eigenvalue weighted by atomic mass is 79.9. The number of nitrogens with two attached hydrogens (primary N) is 1. The predicted octanol–water partition coefficient (Wildman–Crippen LogP) is 2.92. The minimum atomic E-state index is 0.207. The van der Waals surface area contributed by atoms with Crippen LogP contribution in [0, 0.1) is 11.3 Å². The standard InChI is InChI=1S/C11H19BrN4/c1-7(2)11(3,4)5-14-10-8(12)9(13)15-6-16-10/h6-7H,5H2,1-4H3,(H3,13,14,15,16). The fraction of sp³-hybridized carbons (Fsp3) is 0.636. The molecule has 0 spiro atoms. The van der Waals surface area contributed by atoms with Gasteiger partial charge in [0.25, 0.3) is 0 Å². The van der Waals surface area contributed by atoms with Crippen LogP contribution < -0.4 is 11.1 Å². The lowest BCUT2D eigenvalue weighted by Gasteiger charge is -2.29. The number of rotatable bonds is 4. The quantitative estimate of drug-likeness (QED) is 0.893. The SMILES string of the molecule is CC(C)C(C)(C)CNc1ncnc(N)c1Br. The lowest BCUT2D eigenvalue weighted by atomic mass is 9.81. The maximum Gasteiger partial charge on any atom is 0.145 e. The molecule has 1 aromatic rings. The van der Waals surface area contributed by atoms with Crippen molar-refractivity contribution in [3.8, 4) is 0 Å². The van der Waals surface area contributed by atoms with Crippen molar-refractivity contribution in [3.63, 3.8) is 0 Å². The predicted molar refractivity (Wildman–Crippen MR) is 71.3 cm³/mol. The Labute approximate surface area is 105 Å². The summed E-state index contributed by atoms with van der Waals surface area (Å²) in [6, 6.07) is 0. The minimum absolute atomic E-state index is 0.207. The third-order valence-corrected chi connectivity index (χ3v) is 3.87. The molecule has 1 rings (SSSR count). The second kappa shape index (κ2) is 4.99. The normalized spacial score (nSPS) is 11.9. The van der Waals surface area contributed by atoms with E-state index in [-0.39, 0.29) is 5.41 Å². The van der Waals surface area contributed by atoms with Gasteiger partial charge in [-0.05, 0) is 27.3 Å². The number of nitrogen functional groups attached to an aromatic ring is 1. The van der Waals surface area contributed by atoms with Gasteiger partial charge in [0, 0.05) is 6.54 Å². The van der Waals surface area contributed by atoms with Crippen LogP contribution in [0.15, 0.2) is 10.8 Å². The zero-order valence-corrected chi connectivity index (χ0v) is 11.8. The Morgan fingerprint density at radius 2 is 2.06 bits per heavy atom. The van der Waals surface area contributed by atoms with Crippen molar-refractivity contribution in [1.29, 1.82) is 0 Å². The van der Waals surface area contributed by atoms with Crippen molar-refractivity contribution in [1.82, 2.24) is 9.97 Å². The summed E-state index contributed by atoms with van der Waals surface area (Å²) in [7, 11) is 0. The number of anilines is 2. The number of nitrogens with zero attached hydrogens (tertiary/aromatic N) is 2. The van der Waals surface area contributed by atoms with Crippen molar-refractivity contribution in [2.45, 2.75) is 27.7 Å². The topological polar surface area (TPSA) is 63.8 Å². The first kappa shape index (κ1) is 13.2. The average molecular weight is 287 g/mol. The summed E-state index contributed by atoms with van der Waals surface area (Å²) < 4.78 is 0.731. The van der Waals surface area contributed by atoms with Gasteiger partial charge in [-0.15, -0.1) is 0 Å². The Morgan fingerprint density at radius 3 is 2.62 bits per heavy atom. The Kier molecular flexibility index (Phi) is 4.13. The van der Waals surface area contributed by atoms with Gasteiger partial charge in [0.1, 0.15) is 22.4 Å². The molecule has 5 heteroatoms. The Bertz CT molecular complexity index is 363. The van der Waals surface area contributed by atoms with Crippen LogP contribution >= 0.6 is 15.9 Å². The van der Waals surface area contributed by atoms with E-state index in [0.717, 1.165) is 16.8 Å².